The van der Waals surface area contributed by atoms with Gasteiger partial charge >= 0.3 is 6.18 Å². The molecule has 0 aliphatic rings. The van der Waals surface area contributed by atoms with Gasteiger partial charge in [0.1, 0.15) is 0 Å². The minimum atomic E-state index is -4.50. The second kappa shape index (κ2) is 6.03. The lowest BCUT2D eigenvalue weighted by atomic mass is 10.0. The van der Waals surface area contributed by atoms with Gasteiger partial charge in [-0.3, -0.25) is 0 Å². The van der Waals surface area contributed by atoms with Crippen LogP contribution in [-0.2, 0) is 17.2 Å². The van der Waals surface area contributed by atoms with E-state index in [0.29, 0.717) is 0 Å². The summed E-state index contributed by atoms with van der Waals surface area (Å²) in [7, 11) is -1.46. The Hall–Kier alpha value is -0.590. The van der Waals surface area contributed by atoms with E-state index in [-0.39, 0.29) is 10.6 Å². The van der Waals surface area contributed by atoms with E-state index < -0.39 is 33.5 Å². The highest BCUT2D eigenvalue weighted by atomic mass is 35.5. The van der Waals surface area contributed by atoms with Gasteiger partial charge in [0.05, 0.1) is 21.3 Å². The van der Waals surface area contributed by atoms with Crippen molar-refractivity contribution in [1.82, 2.24) is 4.72 Å². The first kappa shape index (κ1) is 17.5. The van der Waals surface area contributed by atoms with Gasteiger partial charge in [-0.25, -0.2) is 8.93 Å². The average molecular weight is 328 g/mol. The Bertz CT molecular complexity index is 511. The molecule has 0 aliphatic heterocycles. The molecule has 0 saturated heterocycles. The molecule has 2 atom stereocenters. The lowest BCUT2D eigenvalue weighted by Crippen LogP contribution is -2.35. The van der Waals surface area contributed by atoms with Crippen LogP contribution in [0, 0.1) is 0 Å². The van der Waals surface area contributed by atoms with E-state index in [2.05, 4.69) is 4.72 Å². The van der Waals surface area contributed by atoms with Crippen molar-refractivity contribution in [2.75, 3.05) is 0 Å². The van der Waals surface area contributed by atoms with E-state index in [9.17, 15) is 17.4 Å². The molecule has 0 fully saturated rings. The van der Waals surface area contributed by atoms with Gasteiger partial charge in [-0.05, 0) is 45.4 Å². The van der Waals surface area contributed by atoms with Crippen LogP contribution in [0.4, 0.5) is 13.2 Å². The van der Waals surface area contributed by atoms with Gasteiger partial charge < -0.3 is 0 Å². The second-order valence-electron chi connectivity index (χ2n) is 5.45. The van der Waals surface area contributed by atoms with Gasteiger partial charge in [-0.2, -0.15) is 13.2 Å². The molecule has 0 aromatic heterocycles. The summed E-state index contributed by atoms with van der Waals surface area (Å²) in [5.41, 5.74) is -0.782. The van der Waals surface area contributed by atoms with Crippen LogP contribution in [-0.4, -0.2) is 8.96 Å². The number of benzene rings is 1. The van der Waals surface area contributed by atoms with Crippen molar-refractivity contribution >= 4 is 22.6 Å². The Kier molecular flexibility index (Phi) is 5.27. The Morgan fingerprint density at radius 1 is 1.25 bits per heavy atom. The molecule has 1 N–H and O–H groups in total. The van der Waals surface area contributed by atoms with Gasteiger partial charge in [0.25, 0.3) is 0 Å². The fraction of sp³-hybridized carbons (Fsp3) is 0.538. The van der Waals surface area contributed by atoms with E-state index >= 15 is 0 Å². The Morgan fingerprint density at radius 3 is 2.25 bits per heavy atom. The van der Waals surface area contributed by atoms with Crippen LogP contribution in [0.2, 0.25) is 5.02 Å². The molecule has 20 heavy (non-hydrogen) atoms. The van der Waals surface area contributed by atoms with Crippen molar-refractivity contribution in [2.45, 2.75) is 44.7 Å². The van der Waals surface area contributed by atoms with Gasteiger partial charge in [-0.1, -0.05) is 17.7 Å². The highest BCUT2D eigenvalue weighted by Crippen LogP contribution is 2.36. The fourth-order valence-corrected chi connectivity index (χ4v) is 2.53. The van der Waals surface area contributed by atoms with Crippen molar-refractivity contribution < 1.29 is 17.4 Å². The van der Waals surface area contributed by atoms with E-state index in [1.165, 1.54) is 12.1 Å². The smallest absolute Gasteiger partial charge is 0.242 e. The highest BCUT2D eigenvalue weighted by molar-refractivity contribution is 7.84. The molecule has 114 valence electrons. The molecule has 1 aromatic rings. The summed E-state index contributed by atoms with van der Waals surface area (Å²) >= 11 is 5.63. The van der Waals surface area contributed by atoms with Crippen LogP contribution in [0.25, 0.3) is 0 Å². The van der Waals surface area contributed by atoms with Gasteiger partial charge in [-0.15, -0.1) is 0 Å². The van der Waals surface area contributed by atoms with Crippen molar-refractivity contribution in [1.29, 1.82) is 0 Å². The Balaban J connectivity index is 3.11. The third kappa shape index (κ3) is 4.46. The van der Waals surface area contributed by atoms with Crippen LogP contribution in [0.15, 0.2) is 18.2 Å². The van der Waals surface area contributed by atoms with Crippen molar-refractivity contribution in [2.24, 2.45) is 0 Å². The second-order valence-corrected chi connectivity index (χ2v) is 7.88. The molecule has 0 spiro atoms. The molecule has 0 aliphatic carbocycles. The molecule has 0 saturated carbocycles. The lowest BCUT2D eigenvalue weighted by Gasteiger charge is -2.24. The maximum Gasteiger partial charge on any atom is 0.416 e. The summed E-state index contributed by atoms with van der Waals surface area (Å²) in [5, 5.41) is 0.0187. The van der Waals surface area contributed by atoms with E-state index in [1.54, 1.807) is 27.7 Å². The normalized spacial score (nSPS) is 16.0. The largest absolute Gasteiger partial charge is 0.416 e. The van der Waals surface area contributed by atoms with Crippen LogP contribution >= 0.6 is 11.6 Å². The molecule has 1 unspecified atom stereocenters. The first-order valence-corrected chi connectivity index (χ1v) is 7.50. The van der Waals surface area contributed by atoms with Gasteiger partial charge in [0.15, 0.2) is 0 Å². The fourth-order valence-electron chi connectivity index (χ4n) is 1.55. The molecule has 0 bridgehead atoms. The molecule has 0 amide bonds. The molecular weight excluding hydrogens is 311 g/mol. The van der Waals surface area contributed by atoms with Crippen LogP contribution in [0.5, 0.6) is 0 Å². The molecule has 0 heterocycles. The average Bonchev–Trinajstić information content (AvgIpc) is 2.26. The number of rotatable bonds is 3. The van der Waals surface area contributed by atoms with Gasteiger partial charge in [0, 0.05) is 11.1 Å². The first-order chi connectivity index (χ1) is 8.93. The SMILES string of the molecule is C[C@H](NS(=O)C(C)(C)C)c1ccc(Cl)cc1C(F)(F)F. The monoisotopic (exact) mass is 327 g/mol. The third-order valence-electron chi connectivity index (χ3n) is 2.63. The van der Waals surface area contributed by atoms with Crippen molar-refractivity contribution in [3.63, 3.8) is 0 Å². The summed E-state index contributed by atoms with van der Waals surface area (Å²) in [5.74, 6) is 0. The van der Waals surface area contributed by atoms with E-state index in [0.717, 1.165) is 6.07 Å². The maximum absolute atomic E-state index is 13.0. The zero-order chi connectivity index (χ0) is 15.7. The van der Waals surface area contributed by atoms with Crippen LogP contribution < -0.4 is 4.72 Å². The summed E-state index contributed by atoms with van der Waals surface area (Å²) < 4.78 is 53.1. The number of halogens is 4. The summed E-state index contributed by atoms with van der Waals surface area (Å²) in [4.78, 5) is 0. The molecule has 1 rings (SSSR count). The predicted octanol–water partition coefficient (Wildman–Crippen LogP) is 4.47. The van der Waals surface area contributed by atoms with Crippen LogP contribution in [0.1, 0.15) is 44.9 Å². The summed E-state index contributed by atoms with van der Waals surface area (Å²) in [6, 6.07) is 2.88. The molecule has 2 nitrogen and oxygen atoms in total. The molecule has 7 heteroatoms. The maximum atomic E-state index is 13.0. The van der Waals surface area contributed by atoms with Crippen LogP contribution in [0.3, 0.4) is 0 Å². The van der Waals surface area contributed by atoms with Crippen molar-refractivity contribution in [3.05, 3.63) is 34.3 Å². The zero-order valence-corrected chi connectivity index (χ0v) is 13.2. The van der Waals surface area contributed by atoms with Crippen molar-refractivity contribution in [3.8, 4) is 0 Å². The number of nitrogens with one attached hydrogen (secondary N) is 1. The number of hydrogen-bond acceptors (Lipinski definition) is 1. The molecule has 1 aromatic carbocycles. The highest BCUT2D eigenvalue weighted by Gasteiger charge is 2.35. The topological polar surface area (TPSA) is 29.1 Å². The lowest BCUT2D eigenvalue weighted by molar-refractivity contribution is -0.138. The quantitative estimate of drug-likeness (QED) is 0.871. The van der Waals surface area contributed by atoms with Gasteiger partial charge in [0.2, 0.25) is 0 Å². The minimum absolute atomic E-state index is 0.0187. The summed E-state index contributed by atoms with van der Waals surface area (Å²) in [6.07, 6.45) is -4.50. The zero-order valence-electron chi connectivity index (χ0n) is 11.6. The Morgan fingerprint density at radius 2 is 1.80 bits per heavy atom. The minimum Gasteiger partial charge on any atom is -0.242 e. The standard InChI is InChI=1S/C13H17ClF3NOS/c1-8(18-20(19)12(2,3)4)10-6-5-9(14)7-11(10)13(15,16)17/h5-8,18H,1-4H3/t8-,20?/m0/s1. The Labute approximate surface area is 124 Å². The summed E-state index contributed by atoms with van der Waals surface area (Å²) in [6.45, 7) is 6.78. The van der Waals surface area contributed by atoms with E-state index in [1.807, 2.05) is 0 Å². The first-order valence-electron chi connectivity index (χ1n) is 5.97. The van der Waals surface area contributed by atoms with E-state index in [4.69, 9.17) is 11.6 Å². The predicted molar refractivity (Wildman–Crippen MR) is 75.9 cm³/mol. The number of alkyl halides is 3. The third-order valence-corrected chi connectivity index (χ3v) is 4.54. The molecule has 0 radical (unpaired) electrons. The molecular formula is C13H17ClF3NOS. The number of hydrogen-bond donors (Lipinski definition) is 1.